The summed E-state index contributed by atoms with van der Waals surface area (Å²) in [6, 6.07) is 13.4. The third kappa shape index (κ3) is 4.47. The second-order valence-corrected chi connectivity index (χ2v) is 8.49. The van der Waals surface area contributed by atoms with E-state index < -0.39 is 11.4 Å². The quantitative estimate of drug-likeness (QED) is 0.696. The number of hydrogen-bond acceptors (Lipinski definition) is 5. The van der Waals surface area contributed by atoms with Crippen molar-refractivity contribution in [2.24, 2.45) is 5.41 Å². The first-order valence-electron chi connectivity index (χ1n) is 9.61. The van der Waals surface area contributed by atoms with E-state index in [0.717, 1.165) is 23.6 Å². The van der Waals surface area contributed by atoms with Crippen molar-refractivity contribution >= 4 is 36.0 Å². The number of nitrogens with one attached hydrogen (secondary N) is 1. The van der Waals surface area contributed by atoms with E-state index in [1.54, 1.807) is 22.7 Å². The lowest BCUT2D eigenvalue weighted by atomic mass is 9.69. The molecule has 6 nitrogen and oxygen atoms in total. The van der Waals surface area contributed by atoms with E-state index in [9.17, 15) is 14.7 Å². The Bertz CT molecular complexity index is 859. The maximum absolute atomic E-state index is 12.9. The van der Waals surface area contributed by atoms with Gasteiger partial charge in [0, 0.05) is 24.0 Å². The summed E-state index contributed by atoms with van der Waals surface area (Å²) >= 11 is 1.66. The van der Waals surface area contributed by atoms with Gasteiger partial charge < -0.3 is 19.7 Å². The van der Waals surface area contributed by atoms with E-state index in [4.69, 9.17) is 4.42 Å². The molecule has 156 valence electrons. The molecule has 29 heavy (non-hydrogen) atoms. The highest BCUT2D eigenvalue weighted by molar-refractivity contribution is 7.98. The maximum Gasteiger partial charge on any atom is 0.311 e. The number of carbonyl (C=O) groups excluding carboxylic acids is 1. The number of carbonyl (C=O) groups is 2. The van der Waals surface area contributed by atoms with E-state index in [-0.39, 0.29) is 24.4 Å². The Labute approximate surface area is 180 Å². The summed E-state index contributed by atoms with van der Waals surface area (Å²) in [5.41, 5.74) is -0.754. The third-order valence-electron chi connectivity index (χ3n) is 5.80. The van der Waals surface area contributed by atoms with Crippen LogP contribution in [0.4, 0.5) is 0 Å². The second kappa shape index (κ2) is 9.24. The van der Waals surface area contributed by atoms with Crippen molar-refractivity contribution < 1.29 is 19.1 Å². The fourth-order valence-corrected chi connectivity index (χ4v) is 4.99. The summed E-state index contributed by atoms with van der Waals surface area (Å²) < 4.78 is 5.78. The number of furan rings is 1. The monoisotopic (exact) mass is 436 g/mol. The van der Waals surface area contributed by atoms with Gasteiger partial charge in [-0.2, -0.15) is 0 Å². The number of benzene rings is 1. The van der Waals surface area contributed by atoms with Gasteiger partial charge in [-0.05, 0) is 50.1 Å². The largest absolute Gasteiger partial charge is 0.481 e. The zero-order chi connectivity index (χ0) is 19.6. The minimum atomic E-state index is -0.755. The Morgan fingerprint density at radius 3 is 2.76 bits per heavy atom. The van der Waals surface area contributed by atoms with Gasteiger partial charge in [0.1, 0.15) is 5.76 Å². The molecule has 2 saturated heterocycles. The molecular formula is C21H25ClN2O4S. The number of rotatable bonds is 5. The van der Waals surface area contributed by atoms with Crippen LogP contribution >= 0.6 is 24.2 Å². The lowest BCUT2D eigenvalue weighted by Gasteiger charge is -2.48. The van der Waals surface area contributed by atoms with Crippen LogP contribution in [0.15, 0.2) is 51.8 Å². The van der Waals surface area contributed by atoms with Crippen molar-refractivity contribution in [1.29, 1.82) is 0 Å². The van der Waals surface area contributed by atoms with Gasteiger partial charge in [-0.1, -0.05) is 18.2 Å². The number of hydrogen-bond donors (Lipinski definition) is 2. The van der Waals surface area contributed by atoms with Gasteiger partial charge in [-0.3, -0.25) is 9.59 Å². The third-order valence-corrected chi connectivity index (χ3v) is 6.83. The normalized spacial score (nSPS) is 23.7. The van der Waals surface area contributed by atoms with Crippen LogP contribution in [0.3, 0.4) is 0 Å². The average molecular weight is 437 g/mol. The van der Waals surface area contributed by atoms with E-state index in [1.165, 1.54) is 0 Å². The number of aliphatic carboxylic acids is 1. The molecule has 0 saturated carbocycles. The Balaban J connectivity index is 0.00000240. The molecule has 1 amide bonds. The highest BCUT2D eigenvalue weighted by Gasteiger charge is 2.51. The van der Waals surface area contributed by atoms with Gasteiger partial charge in [0.15, 0.2) is 5.76 Å². The van der Waals surface area contributed by atoms with E-state index in [0.29, 0.717) is 37.4 Å². The van der Waals surface area contributed by atoms with Gasteiger partial charge in [0.25, 0.3) is 5.91 Å². The molecule has 0 radical (unpaired) electrons. The topological polar surface area (TPSA) is 82.8 Å². The number of piperidine rings is 2. The van der Waals surface area contributed by atoms with Gasteiger partial charge in [-0.15, -0.1) is 24.2 Å². The number of halogens is 1. The first kappa shape index (κ1) is 21.7. The van der Waals surface area contributed by atoms with Crippen LogP contribution in [0.25, 0.3) is 0 Å². The Morgan fingerprint density at radius 2 is 2.00 bits per heavy atom. The summed E-state index contributed by atoms with van der Waals surface area (Å²) in [6.45, 7) is 1.64. The molecule has 1 aromatic heterocycles. The van der Waals surface area contributed by atoms with Gasteiger partial charge in [0.2, 0.25) is 0 Å². The van der Waals surface area contributed by atoms with E-state index >= 15 is 0 Å². The van der Waals surface area contributed by atoms with Crippen LogP contribution in [-0.4, -0.2) is 47.6 Å². The lowest BCUT2D eigenvalue weighted by molar-refractivity contribution is -0.156. The molecule has 1 aromatic carbocycles. The van der Waals surface area contributed by atoms with Crippen molar-refractivity contribution in [2.75, 3.05) is 19.6 Å². The molecule has 0 aliphatic carbocycles. The molecular weight excluding hydrogens is 412 g/mol. The predicted octanol–water partition coefficient (Wildman–Crippen LogP) is 3.66. The first-order chi connectivity index (χ1) is 13.6. The number of likely N-dealkylation sites (tertiary alicyclic amines) is 1. The summed E-state index contributed by atoms with van der Waals surface area (Å²) in [5.74, 6) is 0.813. The highest BCUT2D eigenvalue weighted by atomic mass is 35.5. The Kier molecular flexibility index (Phi) is 6.93. The van der Waals surface area contributed by atoms with Gasteiger partial charge in [-0.25, -0.2) is 0 Å². The molecule has 0 unspecified atom stereocenters. The molecule has 8 heteroatoms. The van der Waals surface area contributed by atoms with Crippen LogP contribution in [-0.2, 0) is 10.5 Å². The minimum absolute atomic E-state index is 0. The molecule has 0 bridgehead atoms. The van der Waals surface area contributed by atoms with Crippen LogP contribution in [0.5, 0.6) is 0 Å². The molecule has 2 aliphatic rings. The van der Waals surface area contributed by atoms with Crippen molar-refractivity contribution in [3.8, 4) is 0 Å². The fraction of sp³-hybridized carbons (Fsp3) is 0.429. The van der Waals surface area contributed by atoms with Crippen molar-refractivity contribution in [3.63, 3.8) is 0 Å². The number of carboxylic acid groups (broad SMARTS) is 1. The highest BCUT2D eigenvalue weighted by Crippen LogP contribution is 2.39. The van der Waals surface area contributed by atoms with E-state index in [1.807, 2.05) is 36.4 Å². The maximum atomic E-state index is 12.9. The van der Waals surface area contributed by atoms with Crippen LogP contribution in [0.1, 0.15) is 35.6 Å². The molecule has 2 aliphatic heterocycles. The smallest absolute Gasteiger partial charge is 0.311 e. The Morgan fingerprint density at radius 1 is 1.21 bits per heavy atom. The minimum Gasteiger partial charge on any atom is -0.481 e. The predicted molar refractivity (Wildman–Crippen MR) is 114 cm³/mol. The molecule has 0 spiro atoms. The van der Waals surface area contributed by atoms with Crippen LogP contribution in [0.2, 0.25) is 0 Å². The number of amides is 1. The summed E-state index contributed by atoms with van der Waals surface area (Å²) in [5, 5.41) is 13.1. The van der Waals surface area contributed by atoms with Gasteiger partial charge >= 0.3 is 5.97 Å². The molecule has 2 fully saturated rings. The standard InChI is InChI=1S/C21H24N2O4S.ClH/c24-19(17-8-7-15(27-17)14-28-16-5-2-1-3-6-16)23-12-10-21(20(25)26)9-4-11-22-18(21)13-23;/h1-3,5-8,18,22H,4,9-14H2,(H,25,26);1H/t18-,21+;/m1./s1. The SMILES string of the molecule is Cl.O=C(c1ccc(CSc2ccccc2)o1)N1CC[C@@]2(C(=O)O)CCCN[C@@H]2C1. The fourth-order valence-electron chi connectivity index (χ4n) is 4.18. The number of carboxylic acids is 1. The lowest BCUT2D eigenvalue weighted by Crippen LogP contribution is -2.63. The second-order valence-electron chi connectivity index (χ2n) is 7.44. The molecule has 4 rings (SSSR count). The Hall–Kier alpha value is -1.96. The number of fused-ring (bicyclic) bond motifs is 1. The van der Waals surface area contributed by atoms with Crippen LogP contribution < -0.4 is 5.32 Å². The average Bonchev–Trinajstić information content (AvgIpc) is 3.21. The molecule has 2 aromatic rings. The number of nitrogens with zero attached hydrogens (tertiary/aromatic N) is 1. The first-order valence-corrected chi connectivity index (χ1v) is 10.6. The summed E-state index contributed by atoms with van der Waals surface area (Å²) in [6.07, 6.45) is 2.00. The van der Waals surface area contributed by atoms with Gasteiger partial charge in [0.05, 0.1) is 11.2 Å². The van der Waals surface area contributed by atoms with Crippen molar-refractivity contribution in [2.45, 2.75) is 36.0 Å². The number of thioether (sulfide) groups is 1. The molecule has 2 atom stereocenters. The zero-order valence-corrected chi connectivity index (χ0v) is 17.6. The zero-order valence-electron chi connectivity index (χ0n) is 16.0. The summed E-state index contributed by atoms with van der Waals surface area (Å²) in [4.78, 5) is 27.6. The van der Waals surface area contributed by atoms with Crippen LogP contribution in [0, 0.1) is 5.41 Å². The molecule has 3 heterocycles. The van der Waals surface area contributed by atoms with Crippen molar-refractivity contribution in [1.82, 2.24) is 10.2 Å². The van der Waals surface area contributed by atoms with Crippen molar-refractivity contribution in [3.05, 3.63) is 54.0 Å². The summed E-state index contributed by atoms with van der Waals surface area (Å²) in [7, 11) is 0. The van der Waals surface area contributed by atoms with E-state index in [2.05, 4.69) is 5.32 Å². The molecule has 2 N–H and O–H groups in total.